The maximum absolute atomic E-state index is 13.8. The van der Waals surface area contributed by atoms with E-state index in [1.54, 1.807) is 67.8 Å². The minimum absolute atomic E-state index is 0.00380. The van der Waals surface area contributed by atoms with E-state index in [0.717, 1.165) is 21.6 Å². The van der Waals surface area contributed by atoms with Crippen LogP contribution in [0, 0.1) is 6.92 Å². The minimum Gasteiger partial charge on any atom is -0.497 e. The highest BCUT2D eigenvalue weighted by molar-refractivity contribution is 8.00. The molecule has 9 nitrogen and oxygen atoms in total. The maximum Gasteiger partial charge on any atom is 0.272 e. The summed E-state index contributed by atoms with van der Waals surface area (Å²) in [6.07, 6.45) is 1.50. The Morgan fingerprint density at radius 2 is 1.43 bits per heavy atom. The quantitative estimate of drug-likeness (QED) is 0.0803. The maximum atomic E-state index is 13.8. The van der Waals surface area contributed by atoms with Crippen molar-refractivity contribution in [1.82, 2.24) is 5.32 Å². The Morgan fingerprint density at radius 3 is 2.11 bits per heavy atom. The van der Waals surface area contributed by atoms with Gasteiger partial charge in [-0.2, -0.15) is 0 Å². The second kappa shape index (κ2) is 17.1. The van der Waals surface area contributed by atoms with Crippen LogP contribution in [-0.4, -0.2) is 31.9 Å². The summed E-state index contributed by atoms with van der Waals surface area (Å²) in [4.78, 5) is 41.4. The molecule has 0 aliphatic carbocycles. The van der Waals surface area contributed by atoms with Gasteiger partial charge in [0.2, 0.25) is 5.91 Å². The molecule has 6 aromatic rings. The standard InChI is InChI=1S/C43H37N3O6S/c1-28-14-16-29(17-15-28)38-24-21-34(52-38)27-37(46-41(47)31-12-8-5-9-13-31)42(48)44-32-18-22-35(23-19-32)53-40(30-10-6-4-7-11-30)43(49)45-36-26-33(50-2)20-25-39(36)51-3/h4-27,40H,1-3H3,(H,44,48)(H,45,49)(H,46,47)/b37-27-/t40-/m1/s1. The summed E-state index contributed by atoms with van der Waals surface area (Å²) in [5, 5.41) is 8.00. The molecule has 1 heterocycles. The lowest BCUT2D eigenvalue weighted by Crippen LogP contribution is -2.30. The zero-order valence-electron chi connectivity index (χ0n) is 29.3. The van der Waals surface area contributed by atoms with Crippen molar-refractivity contribution in [1.29, 1.82) is 0 Å². The number of aryl methyl sites for hydroxylation is 1. The number of methoxy groups -OCH3 is 2. The van der Waals surface area contributed by atoms with Gasteiger partial charge in [0.05, 0.1) is 19.9 Å². The fraction of sp³-hybridized carbons (Fsp3) is 0.0930. The Balaban J connectivity index is 1.21. The Labute approximate surface area is 312 Å². The van der Waals surface area contributed by atoms with Gasteiger partial charge in [0.15, 0.2) is 0 Å². The predicted octanol–water partition coefficient (Wildman–Crippen LogP) is 9.15. The zero-order valence-corrected chi connectivity index (χ0v) is 30.1. The van der Waals surface area contributed by atoms with E-state index >= 15 is 0 Å². The van der Waals surface area contributed by atoms with Crippen molar-refractivity contribution in [2.75, 3.05) is 24.9 Å². The number of carbonyl (C=O) groups is 3. The molecule has 0 unspecified atom stereocenters. The van der Waals surface area contributed by atoms with Crippen LogP contribution in [0.25, 0.3) is 17.4 Å². The summed E-state index contributed by atoms with van der Waals surface area (Å²) in [6.45, 7) is 2.01. The van der Waals surface area contributed by atoms with Gasteiger partial charge in [-0.3, -0.25) is 14.4 Å². The van der Waals surface area contributed by atoms with Crippen molar-refractivity contribution in [3.05, 3.63) is 168 Å². The van der Waals surface area contributed by atoms with Crippen LogP contribution in [0.15, 0.2) is 155 Å². The van der Waals surface area contributed by atoms with Gasteiger partial charge in [-0.05, 0) is 73.2 Å². The lowest BCUT2D eigenvalue weighted by molar-refractivity contribution is -0.116. The highest BCUT2D eigenvalue weighted by Gasteiger charge is 2.24. The second-order valence-corrected chi connectivity index (χ2v) is 13.1. The van der Waals surface area contributed by atoms with Crippen LogP contribution in [0.4, 0.5) is 11.4 Å². The minimum atomic E-state index is -0.617. The Morgan fingerprint density at radius 1 is 0.736 bits per heavy atom. The van der Waals surface area contributed by atoms with Crippen LogP contribution in [-0.2, 0) is 9.59 Å². The first-order valence-corrected chi connectivity index (χ1v) is 17.6. The number of carbonyl (C=O) groups excluding carboxylic acids is 3. The molecule has 3 N–H and O–H groups in total. The van der Waals surface area contributed by atoms with Gasteiger partial charge in [-0.15, -0.1) is 11.8 Å². The summed E-state index contributed by atoms with van der Waals surface area (Å²) in [6, 6.07) is 41.9. The first kappa shape index (κ1) is 36.3. The molecule has 1 atom stereocenters. The number of ether oxygens (including phenoxy) is 2. The number of rotatable bonds is 13. The summed E-state index contributed by atoms with van der Waals surface area (Å²) in [5.41, 5.74) is 4.19. The lowest BCUT2D eigenvalue weighted by atomic mass is 10.1. The molecule has 3 amide bonds. The predicted molar refractivity (Wildman–Crippen MR) is 209 cm³/mol. The third-order valence-electron chi connectivity index (χ3n) is 8.15. The zero-order chi connectivity index (χ0) is 37.2. The molecule has 0 spiro atoms. The SMILES string of the molecule is COc1ccc(OC)c(NC(=O)[C@H](Sc2ccc(NC(=O)/C(=C/c3ccc(-c4ccc(C)cc4)o3)NC(=O)c3ccccc3)cc2)c2ccccc2)c1. The Hall–Kier alpha value is -6.52. The molecule has 0 aliphatic rings. The third-order valence-corrected chi connectivity index (χ3v) is 9.42. The fourth-order valence-electron chi connectivity index (χ4n) is 5.35. The van der Waals surface area contributed by atoms with E-state index in [9.17, 15) is 14.4 Å². The van der Waals surface area contributed by atoms with Crippen molar-refractivity contribution in [2.45, 2.75) is 17.1 Å². The molecule has 0 bridgehead atoms. The van der Waals surface area contributed by atoms with Gasteiger partial charge in [0.25, 0.3) is 11.8 Å². The van der Waals surface area contributed by atoms with Gasteiger partial charge >= 0.3 is 0 Å². The fourth-order valence-corrected chi connectivity index (χ4v) is 6.37. The normalized spacial score (nSPS) is 11.6. The van der Waals surface area contributed by atoms with Gasteiger partial charge < -0.3 is 29.8 Å². The van der Waals surface area contributed by atoms with E-state index in [0.29, 0.717) is 40.0 Å². The van der Waals surface area contributed by atoms with E-state index in [4.69, 9.17) is 13.9 Å². The summed E-state index contributed by atoms with van der Waals surface area (Å²) < 4.78 is 16.9. The largest absolute Gasteiger partial charge is 0.497 e. The van der Waals surface area contributed by atoms with Crippen LogP contribution in [0.1, 0.15) is 32.5 Å². The smallest absolute Gasteiger partial charge is 0.272 e. The van der Waals surface area contributed by atoms with Gasteiger partial charge in [-0.1, -0.05) is 78.4 Å². The van der Waals surface area contributed by atoms with E-state index in [1.165, 1.54) is 24.9 Å². The van der Waals surface area contributed by atoms with Crippen LogP contribution >= 0.6 is 11.8 Å². The number of hydrogen-bond acceptors (Lipinski definition) is 7. The molecule has 0 saturated heterocycles. The second-order valence-electron chi connectivity index (χ2n) is 11.9. The molecule has 53 heavy (non-hydrogen) atoms. The van der Waals surface area contributed by atoms with Crippen LogP contribution in [0.3, 0.4) is 0 Å². The topological polar surface area (TPSA) is 119 Å². The number of thioether (sulfide) groups is 1. The first-order valence-electron chi connectivity index (χ1n) is 16.7. The average molecular weight is 724 g/mol. The van der Waals surface area contributed by atoms with Gasteiger partial charge in [0.1, 0.15) is 34.0 Å². The summed E-state index contributed by atoms with van der Waals surface area (Å²) in [7, 11) is 3.10. The van der Waals surface area contributed by atoms with E-state index in [1.807, 2.05) is 85.8 Å². The van der Waals surface area contributed by atoms with Crippen LogP contribution < -0.4 is 25.4 Å². The van der Waals surface area contributed by atoms with Crippen molar-refractivity contribution < 1.29 is 28.3 Å². The molecular formula is C43H37N3O6S. The van der Waals surface area contributed by atoms with E-state index in [-0.39, 0.29) is 11.6 Å². The Kier molecular flexibility index (Phi) is 11.7. The highest BCUT2D eigenvalue weighted by Crippen LogP contribution is 2.38. The van der Waals surface area contributed by atoms with Crippen LogP contribution in [0.2, 0.25) is 0 Å². The molecule has 1 aromatic heterocycles. The molecular weight excluding hydrogens is 687 g/mol. The van der Waals surface area contributed by atoms with Crippen molar-refractivity contribution in [2.24, 2.45) is 0 Å². The number of amides is 3. The third kappa shape index (κ3) is 9.43. The summed E-state index contributed by atoms with van der Waals surface area (Å²) in [5.74, 6) is 0.862. The molecule has 0 radical (unpaired) electrons. The molecule has 0 fully saturated rings. The molecule has 6 rings (SSSR count). The van der Waals surface area contributed by atoms with E-state index < -0.39 is 17.1 Å². The Bertz CT molecular complexity index is 2220. The number of nitrogens with one attached hydrogen (secondary N) is 3. The van der Waals surface area contributed by atoms with Gasteiger partial charge in [0, 0.05) is 33.9 Å². The molecule has 5 aromatic carbocycles. The number of anilines is 2. The molecule has 0 saturated carbocycles. The molecule has 10 heteroatoms. The summed E-state index contributed by atoms with van der Waals surface area (Å²) >= 11 is 1.36. The van der Waals surface area contributed by atoms with Crippen LogP contribution in [0.5, 0.6) is 11.5 Å². The van der Waals surface area contributed by atoms with Crippen molar-refractivity contribution in [3.63, 3.8) is 0 Å². The molecule has 0 aliphatic heterocycles. The average Bonchev–Trinajstić information content (AvgIpc) is 3.66. The van der Waals surface area contributed by atoms with Gasteiger partial charge in [-0.25, -0.2) is 0 Å². The number of benzene rings is 5. The van der Waals surface area contributed by atoms with Crippen molar-refractivity contribution >= 4 is 46.9 Å². The molecule has 266 valence electrons. The lowest BCUT2D eigenvalue weighted by Gasteiger charge is -2.19. The van der Waals surface area contributed by atoms with E-state index in [2.05, 4.69) is 16.0 Å². The highest BCUT2D eigenvalue weighted by atomic mass is 32.2. The first-order chi connectivity index (χ1) is 25.8. The monoisotopic (exact) mass is 723 g/mol. The number of furan rings is 1. The number of hydrogen-bond donors (Lipinski definition) is 3. The van der Waals surface area contributed by atoms with Crippen molar-refractivity contribution in [3.8, 4) is 22.8 Å².